The Morgan fingerprint density at radius 3 is 2.56 bits per heavy atom. The van der Waals surface area contributed by atoms with E-state index in [1.807, 2.05) is 6.07 Å². The van der Waals surface area contributed by atoms with E-state index >= 15 is 0 Å². The van der Waals surface area contributed by atoms with Crippen molar-refractivity contribution in [2.75, 3.05) is 41.7 Å². The van der Waals surface area contributed by atoms with E-state index in [2.05, 4.69) is 36.9 Å². The smallest absolute Gasteiger partial charge is 0.223 e. The number of anilines is 2. The van der Waals surface area contributed by atoms with Crippen molar-refractivity contribution < 1.29 is 18.0 Å². The third kappa shape index (κ3) is 5.12. The maximum absolute atomic E-state index is 13.0. The number of rotatable bonds is 5. The lowest BCUT2D eigenvalue weighted by Crippen LogP contribution is -2.54. The van der Waals surface area contributed by atoms with Gasteiger partial charge in [-0.3, -0.25) is 9.59 Å². The SMILES string of the molecule is CC(=O)N1CCCc2cc(S(=O)(=O)CCC(=O)N3CCN(c4cccc(C)c4)[C@H](C)C3)ccc21. The summed E-state index contributed by atoms with van der Waals surface area (Å²) in [4.78, 5) is 30.7. The van der Waals surface area contributed by atoms with E-state index in [9.17, 15) is 18.0 Å². The number of piperazine rings is 1. The molecule has 0 radical (unpaired) electrons. The van der Waals surface area contributed by atoms with E-state index in [1.165, 1.54) is 12.5 Å². The summed E-state index contributed by atoms with van der Waals surface area (Å²) in [7, 11) is -3.60. The number of hydrogen-bond acceptors (Lipinski definition) is 5. The predicted molar refractivity (Wildman–Crippen MR) is 134 cm³/mol. The van der Waals surface area contributed by atoms with E-state index < -0.39 is 9.84 Å². The van der Waals surface area contributed by atoms with Crippen molar-refractivity contribution >= 4 is 33.0 Å². The van der Waals surface area contributed by atoms with Crippen LogP contribution in [0.15, 0.2) is 47.4 Å². The van der Waals surface area contributed by atoms with Crippen molar-refractivity contribution in [1.82, 2.24) is 4.90 Å². The standard InChI is InChI=1S/C26H33N3O4S/c1-19-6-4-8-23(16-19)28-14-13-27(18-20(28)2)26(31)11-15-34(32,33)24-9-10-25-22(17-24)7-5-12-29(25)21(3)30/h4,6,8-10,16-17,20H,5,7,11-15,18H2,1-3H3/t20-/m1/s1. The van der Waals surface area contributed by atoms with Gasteiger partial charge in [-0.05, 0) is 68.1 Å². The van der Waals surface area contributed by atoms with Crippen LogP contribution in [0.5, 0.6) is 0 Å². The van der Waals surface area contributed by atoms with Crippen molar-refractivity contribution in [3.05, 3.63) is 53.6 Å². The maximum atomic E-state index is 13.0. The first-order valence-corrected chi connectivity index (χ1v) is 13.6. The molecule has 0 spiro atoms. The molecule has 0 bridgehead atoms. The molecule has 2 aliphatic heterocycles. The molecule has 0 N–H and O–H groups in total. The molecule has 2 aliphatic rings. The Morgan fingerprint density at radius 2 is 1.85 bits per heavy atom. The summed E-state index contributed by atoms with van der Waals surface area (Å²) in [6, 6.07) is 13.4. The molecule has 1 fully saturated rings. The van der Waals surface area contributed by atoms with Gasteiger partial charge in [0.25, 0.3) is 0 Å². The Bertz CT molecular complexity index is 1190. The van der Waals surface area contributed by atoms with Gasteiger partial charge in [0.1, 0.15) is 0 Å². The van der Waals surface area contributed by atoms with Crippen LogP contribution >= 0.6 is 0 Å². The number of carbonyl (C=O) groups is 2. The second kappa shape index (κ2) is 9.78. The summed E-state index contributed by atoms with van der Waals surface area (Å²) in [6.07, 6.45) is 1.52. The fourth-order valence-electron chi connectivity index (χ4n) is 4.97. The third-order valence-electron chi connectivity index (χ3n) is 6.81. The predicted octanol–water partition coefficient (Wildman–Crippen LogP) is 3.20. The molecule has 1 saturated heterocycles. The topological polar surface area (TPSA) is 78.0 Å². The molecule has 2 amide bonds. The molecular formula is C26H33N3O4S. The Hall–Kier alpha value is -2.87. The lowest BCUT2D eigenvalue weighted by molar-refractivity contribution is -0.131. The summed E-state index contributed by atoms with van der Waals surface area (Å²) >= 11 is 0. The Labute approximate surface area is 202 Å². The summed E-state index contributed by atoms with van der Waals surface area (Å²) < 4.78 is 26.0. The lowest BCUT2D eigenvalue weighted by atomic mass is 10.0. The van der Waals surface area contributed by atoms with E-state index in [4.69, 9.17) is 0 Å². The minimum absolute atomic E-state index is 0.0316. The van der Waals surface area contributed by atoms with Gasteiger partial charge < -0.3 is 14.7 Å². The second-order valence-electron chi connectivity index (χ2n) is 9.35. The molecule has 182 valence electrons. The third-order valence-corrected chi connectivity index (χ3v) is 8.52. The minimum Gasteiger partial charge on any atom is -0.365 e. The highest BCUT2D eigenvalue weighted by Crippen LogP contribution is 2.30. The minimum atomic E-state index is -3.60. The molecule has 0 unspecified atom stereocenters. The molecule has 2 aromatic carbocycles. The van der Waals surface area contributed by atoms with E-state index in [0.717, 1.165) is 36.3 Å². The van der Waals surface area contributed by atoms with Crippen molar-refractivity contribution in [3.63, 3.8) is 0 Å². The highest BCUT2D eigenvalue weighted by molar-refractivity contribution is 7.91. The van der Waals surface area contributed by atoms with Crippen LogP contribution in [0.3, 0.4) is 0 Å². The Kier molecular flexibility index (Phi) is 6.98. The first-order chi connectivity index (χ1) is 16.2. The normalized spacial score (nSPS) is 18.6. The molecule has 0 saturated carbocycles. The summed E-state index contributed by atoms with van der Waals surface area (Å²) in [6.45, 7) is 8.21. The van der Waals surface area contributed by atoms with E-state index in [-0.39, 0.29) is 34.9 Å². The van der Waals surface area contributed by atoms with Crippen molar-refractivity contribution in [1.29, 1.82) is 0 Å². The van der Waals surface area contributed by atoms with Gasteiger partial charge in [0, 0.05) is 56.9 Å². The Morgan fingerprint density at radius 1 is 1.06 bits per heavy atom. The zero-order valence-corrected chi connectivity index (χ0v) is 21.0. The summed E-state index contributed by atoms with van der Waals surface area (Å²) in [5.74, 6) is -0.382. The lowest BCUT2D eigenvalue weighted by Gasteiger charge is -2.41. The molecule has 0 aliphatic carbocycles. The van der Waals surface area contributed by atoms with Crippen LogP contribution in [0.1, 0.15) is 37.8 Å². The first kappa shape index (κ1) is 24.3. The molecule has 0 aromatic heterocycles. The number of nitrogens with zero attached hydrogens (tertiary/aromatic N) is 3. The van der Waals surface area contributed by atoms with Gasteiger partial charge in [0.2, 0.25) is 11.8 Å². The van der Waals surface area contributed by atoms with Crippen molar-refractivity contribution in [2.45, 2.75) is 51.0 Å². The molecule has 8 heteroatoms. The van der Waals surface area contributed by atoms with Crippen molar-refractivity contribution in [3.8, 4) is 0 Å². The molecular weight excluding hydrogens is 450 g/mol. The van der Waals surface area contributed by atoms with Gasteiger partial charge in [0.05, 0.1) is 10.6 Å². The summed E-state index contributed by atoms with van der Waals surface area (Å²) in [5.41, 5.74) is 4.01. The van der Waals surface area contributed by atoms with Gasteiger partial charge in [-0.1, -0.05) is 12.1 Å². The number of carbonyl (C=O) groups excluding carboxylic acids is 2. The van der Waals surface area contributed by atoms with Crippen LogP contribution in [-0.2, 0) is 25.8 Å². The van der Waals surface area contributed by atoms with Gasteiger partial charge in [-0.25, -0.2) is 8.42 Å². The average Bonchev–Trinajstić information content (AvgIpc) is 2.81. The second-order valence-corrected chi connectivity index (χ2v) is 11.5. The Balaban J connectivity index is 1.38. The molecule has 7 nitrogen and oxygen atoms in total. The highest BCUT2D eigenvalue weighted by atomic mass is 32.2. The van der Waals surface area contributed by atoms with Crippen molar-refractivity contribution in [2.24, 2.45) is 0 Å². The van der Waals surface area contributed by atoms with Crippen LogP contribution in [0, 0.1) is 6.92 Å². The fourth-order valence-corrected chi connectivity index (χ4v) is 6.24. The zero-order chi connectivity index (χ0) is 24.5. The van der Waals surface area contributed by atoms with Crippen LogP contribution in [0.4, 0.5) is 11.4 Å². The molecule has 2 heterocycles. The number of benzene rings is 2. The molecule has 2 aromatic rings. The first-order valence-electron chi connectivity index (χ1n) is 11.9. The fraction of sp³-hybridized carbons (Fsp3) is 0.462. The average molecular weight is 484 g/mol. The number of aryl methyl sites for hydroxylation is 2. The van der Waals surface area contributed by atoms with Crippen LogP contribution in [0.2, 0.25) is 0 Å². The van der Waals surface area contributed by atoms with Crippen LogP contribution < -0.4 is 9.80 Å². The monoisotopic (exact) mass is 483 g/mol. The van der Waals surface area contributed by atoms with Gasteiger partial charge in [0.15, 0.2) is 9.84 Å². The van der Waals surface area contributed by atoms with E-state index in [1.54, 1.807) is 28.0 Å². The number of amides is 2. The highest BCUT2D eigenvalue weighted by Gasteiger charge is 2.28. The van der Waals surface area contributed by atoms with Crippen LogP contribution in [0.25, 0.3) is 0 Å². The van der Waals surface area contributed by atoms with Crippen LogP contribution in [-0.4, -0.2) is 63.1 Å². The van der Waals surface area contributed by atoms with Gasteiger partial charge in [-0.2, -0.15) is 0 Å². The number of sulfone groups is 1. The maximum Gasteiger partial charge on any atom is 0.223 e. The zero-order valence-electron chi connectivity index (χ0n) is 20.2. The number of fused-ring (bicyclic) bond motifs is 1. The quantitative estimate of drug-likeness (QED) is 0.653. The summed E-state index contributed by atoms with van der Waals surface area (Å²) in [5, 5.41) is 0. The molecule has 4 rings (SSSR count). The largest absolute Gasteiger partial charge is 0.365 e. The molecule has 34 heavy (non-hydrogen) atoms. The van der Waals surface area contributed by atoms with Gasteiger partial charge >= 0.3 is 0 Å². The number of hydrogen-bond donors (Lipinski definition) is 0. The van der Waals surface area contributed by atoms with Gasteiger partial charge in [-0.15, -0.1) is 0 Å². The molecule has 1 atom stereocenters. The van der Waals surface area contributed by atoms with E-state index in [0.29, 0.717) is 19.6 Å².